The van der Waals surface area contributed by atoms with Gasteiger partial charge in [0, 0.05) is 6.54 Å². The zero-order valence-electron chi connectivity index (χ0n) is 11.5. The molecular weight excluding hydrogens is 252 g/mol. The van der Waals surface area contributed by atoms with E-state index in [4.69, 9.17) is 9.15 Å². The minimum atomic E-state index is -1.19. The van der Waals surface area contributed by atoms with Crippen molar-refractivity contribution >= 4 is 18.0 Å². The van der Waals surface area contributed by atoms with Gasteiger partial charge in [-0.25, -0.2) is 9.59 Å². The van der Waals surface area contributed by atoms with Crippen molar-refractivity contribution < 1.29 is 23.8 Å². The van der Waals surface area contributed by atoms with Crippen molar-refractivity contribution in [3.8, 4) is 0 Å². The molecule has 0 atom stereocenters. The maximum atomic E-state index is 11.5. The second kappa shape index (κ2) is 5.73. The molecule has 7 nitrogen and oxygen atoms in total. The van der Waals surface area contributed by atoms with E-state index in [1.165, 1.54) is 18.7 Å². The molecule has 0 unspecified atom stereocenters. The molecule has 0 aliphatic carbocycles. The Morgan fingerprint density at radius 2 is 2.11 bits per heavy atom. The van der Waals surface area contributed by atoms with Crippen LogP contribution in [0.15, 0.2) is 10.7 Å². The fourth-order valence-electron chi connectivity index (χ4n) is 1.57. The average Bonchev–Trinajstić information content (AvgIpc) is 2.79. The van der Waals surface area contributed by atoms with E-state index in [2.05, 4.69) is 4.98 Å². The monoisotopic (exact) mass is 270 g/mol. The number of carbonyl (C=O) groups is 2. The first-order valence-electron chi connectivity index (χ1n) is 5.98. The SMILES string of the molecule is CCOC(=O)c1coc(N(CC)C(C)(C)C(=O)O)n1. The van der Waals surface area contributed by atoms with Gasteiger partial charge in [0.25, 0.3) is 6.01 Å². The van der Waals surface area contributed by atoms with E-state index in [1.54, 1.807) is 13.8 Å². The predicted octanol–water partition coefficient (Wildman–Crippen LogP) is 1.54. The molecule has 0 fully saturated rings. The van der Waals surface area contributed by atoms with Crippen LogP contribution in [0.4, 0.5) is 6.01 Å². The van der Waals surface area contributed by atoms with Gasteiger partial charge in [-0.3, -0.25) is 0 Å². The summed E-state index contributed by atoms with van der Waals surface area (Å²) < 4.78 is 9.96. The van der Waals surface area contributed by atoms with Gasteiger partial charge >= 0.3 is 11.9 Å². The molecule has 1 aromatic heterocycles. The molecule has 1 rings (SSSR count). The highest BCUT2D eigenvalue weighted by Crippen LogP contribution is 2.23. The number of nitrogens with zero attached hydrogens (tertiary/aromatic N) is 2. The van der Waals surface area contributed by atoms with Gasteiger partial charge in [-0.1, -0.05) is 0 Å². The Morgan fingerprint density at radius 3 is 2.58 bits per heavy atom. The number of likely N-dealkylation sites (N-methyl/N-ethyl adjacent to an activating group) is 1. The first-order chi connectivity index (χ1) is 8.84. The van der Waals surface area contributed by atoms with Crippen molar-refractivity contribution in [1.82, 2.24) is 4.98 Å². The van der Waals surface area contributed by atoms with Gasteiger partial charge in [0.1, 0.15) is 11.8 Å². The summed E-state index contributed by atoms with van der Waals surface area (Å²) in [5, 5.41) is 9.20. The second-order valence-electron chi connectivity index (χ2n) is 4.34. The third-order valence-electron chi connectivity index (χ3n) is 2.72. The molecule has 1 heterocycles. The minimum absolute atomic E-state index is 0.0245. The van der Waals surface area contributed by atoms with E-state index < -0.39 is 17.5 Å². The lowest BCUT2D eigenvalue weighted by Gasteiger charge is -2.32. The highest BCUT2D eigenvalue weighted by atomic mass is 16.5. The molecule has 0 aliphatic heterocycles. The van der Waals surface area contributed by atoms with Crippen LogP contribution in [-0.4, -0.2) is 40.7 Å². The number of aromatic nitrogens is 1. The number of carboxylic acids is 1. The highest BCUT2D eigenvalue weighted by Gasteiger charge is 2.36. The largest absolute Gasteiger partial charge is 0.480 e. The number of ether oxygens (including phenoxy) is 1. The lowest BCUT2D eigenvalue weighted by molar-refractivity contribution is -0.142. The summed E-state index contributed by atoms with van der Waals surface area (Å²) in [7, 11) is 0. The number of rotatable bonds is 6. The van der Waals surface area contributed by atoms with Crippen LogP contribution in [0.5, 0.6) is 0 Å². The standard InChI is InChI=1S/C12H18N2O5/c1-5-14(12(3,4)10(16)17)11-13-8(7-19-11)9(15)18-6-2/h7H,5-6H2,1-4H3,(H,16,17). The first kappa shape index (κ1) is 15.0. The topological polar surface area (TPSA) is 92.9 Å². The molecule has 0 amide bonds. The molecule has 1 aromatic rings. The third-order valence-corrected chi connectivity index (χ3v) is 2.72. The number of oxazole rings is 1. The van der Waals surface area contributed by atoms with Gasteiger partial charge < -0.3 is 19.2 Å². The molecule has 0 radical (unpaired) electrons. The lowest BCUT2D eigenvalue weighted by atomic mass is 10.0. The van der Waals surface area contributed by atoms with Crippen molar-refractivity contribution in [2.75, 3.05) is 18.1 Å². The maximum absolute atomic E-state index is 11.5. The van der Waals surface area contributed by atoms with Gasteiger partial charge in [-0.05, 0) is 27.7 Å². The van der Waals surface area contributed by atoms with Crippen molar-refractivity contribution in [3.63, 3.8) is 0 Å². The van der Waals surface area contributed by atoms with Crippen LogP contribution in [0.2, 0.25) is 0 Å². The number of carbonyl (C=O) groups excluding carboxylic acids is 1. The maximum Gasteiger partial charge on any atom is 0.360 e. The summed E-state index contributed by atoms with van der Waals surface area (Å²) in [5.74, 6) is -1.60. The number of hydrogen-bond acceptors (Lipinski definition) is 6. The van der Waals surface area contributed by atoms with Crippen LogP contribution >= 0.6 is 0 Å². The zero-order chi connectivity index (χ0) is 14.6. The predicted molar refractivity (Wildman–Crippen MR) is 67.2 cm³/mol. The van der Waals surface area contributed by atoms with Gasteiger partial charge in [0.15, 0.2) is 5.69 Å². The normalized spacial score (nSPS) is 11.2. The first-order valence-corrected chi connectivity index (χ1v) is 5.98. The van der Waals surface area contributed by atoms with Crippen molar-refractivity contribution in [2.45, 2.75) is 33.2 Å². The van der Waals surface area contributed by atoms with E-state index in [9.17, 15) is 14.7 Å². The van der Waals surface area contributed by atoms with Crippen molar-refractivity contribution in [3.05, 3.63) is 12.0 Å². The Kier molecular flexibility index (Phi) is 4.52. The molecule has 106 valence electrons. The van der Waals surface area contributed by atoms with E-state index in [1.807, 2.05) is 0 Å². The average molecular weight is 270 g/mol. The number of anilines is 1. The number of carboxylic acid groups (broad SMARTS) is 1. The van der Waals surface area contributed by atoms with Crippen LogP contribution in [0.1, 0.15) is 38.2 Å². The zero-order valence-corrected chi connectivity index (χ0v) is 11.5. The number of esters is 1. The van der Waals surface area contributed by atoms with Gasteiger partial charge in [-0.2, -0.15) is 4.98 Å². The highest BCUT2D eigenvalue weighted by molar-refractivity contribution is 5.87. The van der Waals surface area contributed by atoms with E-state index in [-0.39, 0.29) is 18.3 Å². The molecule has 0 saturated carbocycles. The molecule has 19 heavy (non-hydrogen) atoms. The molecule has 0 aliphatic rings. The van der Waals surface area contributed by atoms with Gasteiger partial charge in [-0.15, -0.1) is 0 Å². The van der Waals surface area contributed by atoms with Gasteiger partial charge in [0.05, 0.1) is 6.61 Å². The quantitative estimate of drug-likeness (QED) is 0.783. The summed E-state index contributed by atoms with van der Waals surface area (Å²) in [6, 6.07) is 0.0814. The molecule has 0 saturated heterocycles. The fourth-order valence-corrected chi connectivity index (χ4v) is 1.57. The van der Waals surface area contributed by atoms with Crippen molar-refractivity contribution in [2.24, 2.45) is 0 Å². The Morgan fingerprint density at radius 1 is 1.47 bits per heavy atom. The smallest absolute Gasteiger partial charge is 0.360 e. The summed E-state index contributed by atoms with van der Waals surface area (Å²) in [4.78, 5) is 28.1. The minimum Gasteiger partial charge on any atom is -0.480 e. The van der Waals surface area contributed by atoms with Crippen LogP contribution < -0.4 is 4.90 Å². The van der Waals surface area contributed by atoms with Gasteiger partial charge in [0.2, 0.25) is 0 Å². The summed E-state index contributed by atoms with van der Waals surface area (Å²) >= 11 is 0. The van der Waals surface area contributed by atoms with Crippen LogP contribution in [0.25, 0.3) is 0 Å². The summed E-state index contributed by atoms with van der Waals surface area (Å²) in [5.41, 5.74) is -1.16. The molecule has 7 heteroatoms. The van der Waals surface area contributed by atoms with Crippen LogP contribution in [-0.2, 0) is 9.53 Å². The van der Waals surface area contributed by atoms with E-state index >= 15 is 0 Å². The fraction of sp³-hybridized carbons (Fsp3) is 0.583. The Hall–Kier alpha value is -2.05. The summed E-state index contributed by atoms with van der Waals surface area (Å²) in [6.07, 6.45) is 1.16. The van der Waals surface area contributed by atoms with Crippen molar-refractivity contribution in [1.29, 1.82) is 0 Å². The Labute approximate surface area is 111 Å². The second-order valence-corrected chi connectivity index (χ2v) is 4.34. The van der Waals surface area contributed by atoms with Crippen LogP contribution in [0.3, 0.4) is 0 Å². The molecule has 0 spiro atoms. The number of hydrogen-bond donors (Lipinski definition) is 1. The Bertz CT molecular complexity index is 466. The van der Waals surface area contributed by atoms with Crippen LogP contribution in [0, 0.1) is 0 Å². The molecule has 0 bridgehead atoms. The third kappa shape index (κ3) is 3.04. The van der Waals surface area contributed by atoms with E-state index in [0.717, 1.165) is 6.26 Å². The Balaban J connectivity index is 3.01. The molecular formula is C12H18N2O5. The number of aliphatic carboxylic acids is 1. The van der Waals surface area contributed by atoms with E-state index in [0.29, 0.717) is 6.54 Å². The lowest BCUT2D eigenvalue weighted by Crippen LogP contribution is -2.50. The molecule has 0 aromatic carbocycles. The summed E-state index contributed by atoms with van der Waals surface area (Å²) in [6.45, 7) is 7.14. The molecule has 1 N–H and O–H groups in total.